The number of unbranched alkanes of at least 4 members (excludes halogenated alkanes) is 11. The van der Waals surface area contributed by atoms with Crippen LogP contribution in [-0.2, 0) is 24.3 Å². The lowest BCUT2D eigenvalue weighted by Crippen LogP contribution is -2.27. The van der Waals surface area contributed by atoms with Gasteiger partial charge in [0.25, 0.3) is 10.1 Å². The maximum atomic E-state index is 10.8. The van der Waals surface area contributed by atoms with E-state index in [0.717, 1.165) is 26.1 Å². The lowest BCUT2D eigenvalue weighted by molar-refractivity contribution is -0.0613. The minimum absolute atomic E-state index is 0.129. The van der Waals surface area contributed by atoms with Gasteiger partial charge in [-0.2, -0.15) is 8.42 Å². The van der Waals surface area contributed by atoms with E-state index in [2.05, 4.69) is 13.8 Å². The van der Waals surface area contributed by atoms with Gasteiger partial charge in [0.15, 0.2) is 0 Å². The summed E-state index contributed by atoms with van der Waals surface area (Å²) < 4.78 is 47.8. The van der Waals surface area contributed by atoms with Crippen LogP contribution in [0.4, 0.5) is 0 Å². The SMILES string of the molecule is CCCCCCCCOCC(COCCCCCCCC)OCCCCS(=O)(=O)O. The average Bonchev–Trinajstić information content (AvgIpc) is 2.70. The number of hydrogen-bond acceptors (Lipinski definition) is 5. The van der Waals surface area contributed by atoms with Crippen molar-refractivity contribution in [2.45, 2.75) is 110 Å². The van der Waals surface area contributed by atoms with Crippen LogP contribution < -0.4 is 0 Å². The quantitative estimate of drug-likeness (QED) is 0.147. The van der Waals surface area contributed by atoms with Crippen molar-refractivity contribution in [1.29, 1.82) is 0 Å². The van der Waals surface area contributed by atoms with Crippen molar-refractivity contribution >= 4 is 10.1 Å². The molecule has 0 fully saturated rings. The van der Waals surface area contributed by atoms with Crippen LogP contribution >= 0.6 is 0 Å². The summed E-state index contributed by atoms with van der Waals surface area (Å²) in [6.45, 7) is 7.38. The average molecular weight is 453 g/mol. The molecule has 0 aliphatic heterocycles. The zero-order valence-corrected chi connectivity index (χ0v) is 20.4. The Morgan fingerprint density at radius 1 is 0.633 bits per heavy atom. The molecule has 1 N–H and O–H groups in total. The first-order valence-corrected chi connectivity index (χ1v) is 13.8. The lowest BCUT2D eigenvalue weighted by Gasteiger charge is -2.18. The van der Waals surface area contributed by atoms with E-state index in [0.29, 0.717) is 32.7 Å². The molecule has 0 aliphatic rings. The smallest absolute Gasteiger partial charge is 0.264 e. The topological polar surface area (TPSA) is 82.1 Å². The normalized spacial score (nSPS) is 12.1. The van der Waals surface area contributed by atoms with E-state index in [-0.39, 0.29) is 11.9 Å². The summed E-state index contributed by atoms with van der Waals surface area (Å²) in [5.41, 5.74) is 0. The Balaban J connectivity index is 3.92. The first kappa shape index (κ1) is 29.8. The van der Waals surface area contributed by atoms with Crippen molar-refractivity contribution in [3.8, 4) is 0 Å². The highest BCUT2D eigenvalue weighted by Crippen LogP contribution is 2.07. The van der Waals surface area contributed by atoms with Gasteiger partial charge in [0.05, 0.1) is 19.0 Å². The van der Waals surface area contributed by atoms with Gasteiger partial charge < -0.3 is 14.2 Å². The summed E-state index contributed by atoms with van der Waals surface area (Å²) in [6, 6.07) is 0. The van der Waals surface area contributed by atoms with Crippen molar-refractivity contribution in [2.24, 2.45) is 0 Å². The highest BCUT2D eigenvalue weighted by Gasteiger charge is 2.11. The van der Waals surface area contributed by atoms with Crippen LogP contribution in [0.2, 0.25) is 0 Å². The van der Waals surface area contributed by atoms with Crippen LogP contribution in [0.3, 0.4) is 0 Å². The fraction of sp³-hybridized carbons (Fsp3) is 1.00. The number of hydrogen-bond donors (Lipinski definition) is 1. The summed E-state index contributed by atoms with van der Waals surface area (Å²) in [6.07, 6.45) is 15.7. The molecule has 0 saturated heterocycles. The van der Waals surface area contributed by atoms with Gasteiger partial charge in [-0.05, 0) is 25.7 Å². The predicted molar refractivity (Wildman–Crippen MR) is 124 cm³/mol. The Bertz CT molecular complexity index is 421. The second-order valence-corrected chi connectivity index (χ2v) is 9.74. The Morgan fingerprint density at radius 3 is 1.53 bits per heavy atom. The molecule has 0 amide bonds. The third-order valence-corrected chi connectivity index (χ3v) is 5.85. The Hall–Kier alpha value is -0.210. The molecule has 0 rings (SSSR count). The van der Waals surface area contributed by atoms with Gasteiger partial charge in [-0.15, -0.1) is 0 Å². The molecular weight excluding hydrogens is 404 g/mol. The molecule has 0 spiro atoms. The third-order valence-electron chi connectivity index (χ3n) is 5.04. The summed E-state index contributed by atoms with van der Waals surface area (Å²) in [5.74, 6) is -0.218. The zero-order valence-electron chi connectivity index (χ0n) is 19.6. The zero-order chi connectivity index (χ0) is 22.3. The van der Waals surface area contributed by atoms with E-state index in [1.807, 2.05) is 0 Å². The van der Waals surface area contributed by atoms with Gasteiger partial charge in [-0.25, -0.2) is 0 Å². The largest absolute Gasteiger partial charge is 0.379 e. The Kier molecular flexibility index (Phi) is 21.8. The summed E-state index contributed by atoms with van der Waals surface area (Å²) >= 11 is 0. The fourth-order valence-corrected chi connectivity index (χ4v) is 3.75. The summed E-state index contributed by atoms with van der Waals surface area (Å²) in [4.78, 5) is 0. The number of rotatable bonds is 24. The maximum Gasteiger partial charge on any atom is 0.264 e. The van der Waals surface area contributed by atoms with Gasteiger partial charge in [-0.1, -0.05) is 78.1 Å². The standard InChI is InChI=1S/C23H48O6S/c1-3-5-7-9-11-13-17-27-21-23(29-19-15-16-20-30(24,25)26)22-28-18-14-12-10-8-6-4-2/h23H,3-22H2,1-2H3,(H,24,25,26). The number of ether oxygens (including phenoxy) is 3. The van der Waals surface area contributed by atoms with Gasteiger partial charge in [-0.3, -0.25) is 4.55 Å². The van der Waals surface area contributed by atoms with Crippen molar-refractivity contribution < 1.29 is 27.2 Å². The molecule has 0 aromatic rings. The molecule has 30 heavy (non-hydrogen) atoms. The van der Waals surface area contributed by atoms with Crippen LogP contribution in [0.25, 0.3) is 0 Å². The van der Waals surface area contributed by atoms with Crippen LogP contribution in [0.1, 0.15) is 104 Å². The van der Waals surface area contributed by atoms with Crippen molar-refractivity contribution in [1.82, 2.24) is 0 Å². The molecule has 0 bridgehead atoms. The molecule has 7 heteroatoms. The molecular formula is C23H48O6S. The van der Waals surface area contributed by atoms with E-state index < -0.39 is 10.1 Å². The molecule has 0 aromatic heterocycles. The lowest BCUT2D eigenvalue weighted by atomic mass is 10.1. The second kappa shape index (κ2) is 22.0. The predicted octanol–water partition coefficient (Wildman–Crippen LogP) is 5.79. The van der Waals surface area contributed by atoms with Gasteiger partial charge >= 0.3 is 0 Å². The van der Waals surface area contributed by atoms with Crippen LogP contribution in [0.15, 0.2) is 0 Å². The van der Waals surface area contributed by atoms with Crippen LogP contribution in [0.5, 0.6) is 0 Å². The van der Waals surface area contributed by atoms with Crippen molar-refractivity contribution in [3.63, 3.8) is 0 Å². The highest BCUT2D eigenvalue weighted by atomic mass is 32.2. The van der Waals surface area contributed by atoms with Crippen LogP contribution in [0, 0.1) is 0 Å². The van der Waals surface area contributed by atoms with Gasteiger partial charge in [0.2, 0.25) is 0 Å². The molecule has 0 atom stereocenters. The van der Waals surface area contributed by atoms with Crippen molar-refractivity contribution in [2.75, 3.05) is 38.8 Å². The van der Waals surface area contributed by atoms with Crippen LogP contribution in [-0.4, -0.2) is 57.9 Å². The van der Waals surface area contributed by atoms with E-state index in [1.165, 1.54) is 64.2 Å². The molecule has 0 aromatic carbocycles. The molecule has 0 aliphatic carbocycles. The summed E-state index contributed by atoms with van der Waals surface area (Å²) in [5, 5.41) is 0. The van der Waals surface area contributed by atoms with E-state index in [1.54, 1.807) is 0 Å². The first-order valence-electron chi connectivity index (χ1n) is 12.2. The van der Waals surface area contributed by atoms with Crippen molar-refractivity contribution in [3.05, 3.63) is 0 Å². The van der Waals surface area contributed by atoms with E-state index >= 15 is 0 Å². The Morgan fingerprint density at radius 2 is 1.07 bits per heavy atom. The highest BCUT2D eigenvalue weighted by molar-refractivity contribution is 7.85. The van der Waals surface area contributed by atoms with E-state index in [4.69, 9.17) is 18.8 Å². The van der Waals surface area contributed by atoms with E-state index in [9.17, 15) is 8.42 Å². The third kappa shape index (κ3) is 24.1. The maximum absolute atomic E-state index is 10.8. The molecule has 0 saturated carbocycles. The van der Waals surface area contributed by atoms with Gasteiger partial charge in [0.1, 0.15) is 6.10 Å². The first-order chi connectivity index (χ1) is 14.5. The molecule has 0 heterocycles. The minimum Gasteiger partial charge on any atom is -0.379 e. The van der Waals surface area contributed by atoms with Gasteiger partial charge in [0, 0.05) is 19.8 Å². The molecule has 182 valence electrons. The Labute approximate surface area is 186 Å². The monoisotopic (exact) mass is 452 g/mol. The molecule has 0 radical (unpaired) electrons. The second-order valence-electron chi connectivity index (χ2n) is 8.17. The fourth-order valence-electron chi connectivity index (χ4n) is 3.18. The molecule has 6 nitrogen and oxygen atoms in total. The minimum atomic E-state index is -3.89. The summed E-state index contributed by atoms with van der Waals surface area (Å²) in [7, 11) is -3.89. The molecule has 0 unspecified atom stereocenters.